The van der Waals surface area contributed by atoms with Crippen molar-refractivity contribution in [2.24, 2.45) is 0 Å². The largest absolute Gasteiger partial charge is 0.478 e. The standard InChI is InChI=1S/C9H10N2O4/c1-2-3-8-7(9(12)13)4-6(5-10-8)11(14)15/h4-5H,2-3H2,1H3,(H,12,13). The van der Waals surface area contributed by atoms with Gasteiger partial charge in [-0.1, -0.05) is 13.3 Å². The summed E-state index contributed by atoms with van der Waals surface area (Å²) >= 11 is 0. The van der Waals surface area contributed by atoms with Crippen molar-refractivity contribution in [3.63, 3.8) is 0 Å². The van der Waals surface area contributed by atoms with Crippen LogP contribution in [0.1, 0.15) is 29.4 Å². The zero-order chi connectivity index (χ0) is 11.4. The number of rotatable bonds is 4. The second-order valence-electron chi connectivity index (χ2n) is 3.00. The molecule has 0 spiro atoms. The molecule has 0 bridgehead atoms. The molecule has 1 aromatic heterocycles. The Morgan fingerprint density at radius 1 is 1.67 bits per heavy atom. The molecule has 0 saturated carbocycles. The molecule has 0 atom stereocenters. The molecule has 0 aliphatic heterocycles. The van der Waals surface area contributed by atoms with Crippen molar-refractivity contribution in [2.45, 2.75) is 19.8 Å². The number of hydrogen-bond acceptors (Lipinski definition) is 4. The first-order chi connectivity index (χ1) is 7.06. The Kier molecular flexibility index (Phi) is 3.33. The minimum atomic E-state index is -1.19. The summed E-state index contributed by atoms with van der Waals surface area (Å²) in [6, 6.07) is 1.04. The minimum Gasteiger partial charge on any atom is -0.478 e. The molecule has 0 fully saturated rings. The van der Waals surface area contributed by atoms with Crippen molar-refractivity contribution in [1.82, 2.24) is 4.98 Å². The number of aryl methyl sites for hydroxylation is 1. The summed E-state index contributed by atoms with van der Waals surface area (Å²) in [7, 11) is 0. The van der Waals surface area contributed by atoms with Crippen LogP contribution < -0.4 is 0 Å². The third kappa shape index (κ3) is 2.49. The molecule has 0 radical (unpaired) electrons. The van der Waals surface area contributed by atoms with E-state index in [1.807, 2.05) is 6.92 Å². The Labute approximate surface area is 85.7 Å². The Bertz CT molecular complexity index is 403. The van der Waals surface area contributed by atoms with E-state index < -0.39 is 10.9 Å². The molecule has 0 aliphatic rings. The highest BCUT2D eigenvalue weighted by Gasteiger charge is 2.16. The van der Waals surface area contributed by atoms with Crippen molar-refractivity contribution in [3.05, 3.63) is 33.6 Å². The smallest absolute Gasteiger partial charge is 0.337 e. The van der Waals surface area contributed by atoms with Gasteiger partial charge in [-0.3, -0.25) is 15.1 Å². The molecule has 0 aromatic carbocycles. The van der Waals surface area contributed by atoms with Gasteiger partial charge in [0, 0.05) is 6.07 Å². The number of nitrogens with zero attached hydrogens (tertiary/aromatic N) is 2. The summed E-state index contributed by atoms with van der Waals surface area (Å²) in [4.78, 5) is 24.4. The SMILES string of the molecule is CCCc1ncc([N+](=O)[O-])cc1C(=O)O. The lowest BCUT2D eigenvalue weighted by Gasteiger charge is -2.02. The Morgan fingerprint density at radius 3 is 2.80 bits per heavy atom. The molecule has 1 rings (SSSR count). The van der Waals surface area contributed by atoms with Gasteiger partial charge in [0.15, 0.2) is 0 Å². The van der Waals surface area contributed by atoms with E-state index in [0.717, 1.165) is 18.7 Å². The fraction of sp³-hybridized carbons (Fsp3) is 0.333. The second-order valence-corrected chi connectivity index (χ2v) is 3.00. The lowest BCUT2D eigenvalue weighted by molar-refractivity contribution is -0.385. The topological polar surface area (TPSA) is 93.3 Å². The van der Waals surface area contributed by atoms with Crippen molar-refractivity contribution in [3.8, 4) is 0 Å². The van der Waals surface area contributed by atoms with Gasteiger partial charge in [-0.05, 0) is 6.42 Å². The van der Waals surface area contributed by atoms with E-state index in [0.29, 0.717) is 12.1 Å². The van der Waals surface area contributed by atoms with E-state index in [4.69, 9.17) is 5.11 Å². The molecule has 0 amide bonds. The molecule has 1 aromatic rings. The molecule has 0 saturated heterocycles. The van der Waals surface area contributed by atoms with Crippen LogP contribution in [0.2, 0.25) is 0 Å². The van der Waals surface area contributed by atoms with Crippen LogP contribution in [0.15, 0.2) is 12.3 Å². The van der Waals surface area contributed by atoms with E-state index in [2.05, 4.69) is 4.98 Å². The van der Waals surface area contributed by atoms with E-state index >= 15 is 0 Å². The fourth-order valence-electron chi connectivity index (χ4n) is 1.20. The third-order valence-corrected chi connectivity index (χ3v) is 1.88. The van der Waals surface area contributed by atoms with Gasteiger partial charge in [0.25, 0.3) is 5.69 Å². The van der Waals surface area contributed by atoms with E-state index in [-0.39, 0.29) is 11.3 Å². The molecule has 1 heterocycles. The van der Waals surface area contributed by atoms with E-state index in [1.165, 1.54) is 0 Å². The number of carboxylic acid groups (broad SMARTS) is 1. The number of carbonyl (C=O) groups is 1. The van der Waals surface area contributed by atoms with Crippen molar-refractivity contribution in [1.29, 1.82) is 0 Å². The van der Waals surface area contributed by atoms with Crippen LogP contribution in [0.3, 0.4) is 0 Å². The van der Waals surface area contributed by atoms with Crippen LogP contribution in [0.4, 0.5) is 5.69 Å². The number of hydrogen-bond donors (Lipinski definition) is 1. The number of nitro groups is 1. The van der Waals surface area contributed by atoms with Gasteiger partial charge in [-0.2, -0.15) is 0 Å². The number of carboxylic acids is 1. The Morgan fingerprint density at radius 2 is 2.33 bits per heavy atom. The first kappa shape index (κ1) is 11.1. The molecule has 6 nitrogen and oxygen atoms in total. The van der Waals surface area contributed by atoms with Gasteiger partial charge >= 0.3 is 5.97 Å². The van der Waals surface area contributed by atoms with Gasteiger partial charge in [0.2, 0.25) is 0 Å². The first-order valence-corrected chi connectivity index (χ1v) is 4.42. The Balaban J connectivity index is 3.20. The fourth-order valence-corrected chi connectivity index (χ4v) is 1.20. The predicted molar refractivity (Wildman–Crippen MR) is 51.8 cm³/mol. The Hall–Kier alpha value is -1.98. The van der Waals surface area contributed by atoms with Crippen molar-refractivity contribution in [2.75, 3.05) is 0 Å². The minimum absolute atomic E-state index is 0.0916. The maximum atomic E-state index is 10.8. The van der Waals surface area contributed by atoms with Crippen LogP contribution in [0.25, 0.3) is 0 Å². The second kappa shape index (κ2) is 4.50. The zero-order valence-corrected chi connectivity index (χ0v) is 8.14. The highest BCUT2D eigenvalue weighted by atomic mass is 16.6. The number of aromatic nitrogens is 1. The number of pyridine rings is 1. The molecule has 0 unspecified atom stereocenters. The lowest BCUT2D eigenvalue weighted by Crippen LogP contribution is -2.06. The average Bonchev–Trinajstić information content (AvgIpc) is 2.18. The summed E-state index contributed by atoms with van der Waals surface area (Å²) in [6.07, 6.45) is 2.32. The highest BCUT2D eigenvalue weighted by Crippen LogP contribution is 2.16. The molecule has 15 heavy (non-hydrogen) atoms. The molecular formula is C9H10N2O4. The van der Waals surface area contributed by atoms with Gasteiger partial charge < -0.3 is 5.11 Å². The van der Waals surface area contributed by atoms with Crippen LogP contribution >= 0.6 is 0 Å². The monoisotopic (exact) mass is 210 g/mol. The van der Waals surface area contributed by atoms with Crippen molar-refractivity contribution < 1.29 is 14.8 Å². The maximum Gasteiger partial charge on any atom is 0.337 e. The molecule has 0 aliphatic carbocycles. The van der Waals surface area contributed by atoms with E-state index in [1.54, 1.807) is 0 Å². The molecule has 80 valence electrons. The summed E-state index contributed by atoms with van der Waals surface area (Å²) in [6.45, 7) is 1.88. The average molecular weight is 210 g/mol. The van der Waals surface area contributed by atoms with Crippen LogP contribution in [0, 0.1) is 10.1 Å². The lowest BCUT2D eigenvalue weighted by atomic mass is 10.1. The number of aromatic carboxylic acids is 1. The van der Waals surface area contributed by atoms with Gasteiger partial charge in [-0.15, -0.1) is 0 Å². The van der Waals surface area contributed by atoms with Crippen LogP contribution in [-0.2, 0) is 6.42 Å². The summed E-state index contributed by atoms with van der Waals surface area (Å²) in [5.74, 6) is -1.19. The molecule has 6 heteroatoms. The first-order valence-electron chi connectivity index (χ1n) is 4.42. The summed E-state index contributed by atoms with van der Waals surface area (Å²) in [5.41, 5.74) is -0.00565. The summed E-state index contributed by atoms with van der Waals surface area (Å²) < 4.78 is 0. The normalized spacial score (nSPS) is 9.93. The quantitative estimate of drug-likeness (QED) is 0.602. The van der Waals surface area contributed by atoms with Crippen molar-refractivity contribution >= 4 is 11.7 Å². The van der Waals surface area contributed by atoms with Gasteiger partial charge in [0.1, 0.15) is 6.20 Å². The van der Waals surface area contributed by atoms with Gasteiger partial charge in [0.05, 0.1) is 16.2 Å². The highest BCUT2D eigenvalue weighted by molar-refractivity contribution is 5.89. The zero-order valence-electron chi connectivity index (χ0n) is 8.14. The predicted octanol–water partition coefficient (Wildman–Crippen LogP) is 1.64. The molecule has 1 N–H and O–H groups in total. The van der Waals surface area contributed by atoms with Crippen LogP contribution in [-0.4, -0.2) is 21.0 Å². The van der Waals surface area contributed by atoms with Gasteiger partial charge in [-0.25, -0.2) is 4.79 Å². The maximum absolute atomic E-state index is 10.8. The van der Waals surface area contributed by atoms with Crippen LogP contribution in [0.5, 0.6) is 0 Å². The summed E-state index contributed by atoms with van der Waals surface area (Å²) in [5, 5.41) is 19.3. The third-order valence-electron chi connectivity index (χ3n) is 1.88. The van der Waals surface area contributed by atoms with E-state index in [9.17, 15) is 14.9 Å². The molecular weight excluding hydrogens is 200 g/mol.